The number of rotatable bonds is 4. The Bertz CT molecular complexity index is 409. The molecule has 1 saturated heterocycles. The zero-order valence-electron chi connectivity index (χ0n) is 8.29. The number of nitrogens with zero attached hydrogens (tertiary/aromatic N) is 2. The fourth-order valence-corrected chi connectivity index (χ4v) is 3.00. The smallest absolute Gasteiger partial charge is 0.273 e. The minimum absolute atomic E-state index is 0.0440. The van der Waals surface area contributed by atoms with Crippen molar-refractivity contribution in [3.63, 3.8) is 0 Å². The van der Waals surface area contributed by atoms with Gasteiger partial charge in [0.2, 0.25) is 10.0 Å². The molecule has 0 atom stereocenters. The van der Waals surface area contributed by atoms with Crippen LogP contribution < -0.4 is 4.74 Å². The zero-order valence-corrected chi connectivity index (χ0v) is 9.92. The first-order chi connectivity index (χ1) is 7.12. The molecular formula is C8H12N2O3S2. The predicted molar refractivity (Wildman–Crippen MR) is 57.6 cm³/mol. The van der Waals surface area contributed by atoms with Gasteiger partial charge in [-0.15, -0.1) is 0 Å². The Hall–Kier alpha value is -0.660. The van der Waals surface area contributed by atoms with Crippen LogP contribution in [0.4, 0.5) is 0 Å². The average molecular weight is 248 g/mol. The highest BCUT2D eigenvalue weighted by molar-refractivity contribution is 7.89. The first-order valence-electron chi connectivity index (χ1n) is 4.66. The van der Waals surface area contributed by atoms with Gasteiger partial charge in [-0.2, -0.15) is 4.31 Å². The summed E-state index contributed by atoms with van der Waals surface area (Å²) in [6.07, 6.45) is 1.62. The van der Waals surface area contributed by atoms with Gasteiger partial charge < -0.3 is 4.74 Å². The van der Waals surface area contributed by atoms with Crippen LogP contribution in [0.25, 0.3) is 0 Å². The molecule has 0 aromatic carbocycles. The second kappa shape index (κ2) is 4.07. The molecule has 84 valence electrons. The molecule has 1 aliphatic heterocycles. The van der Waals surface area contributed by atoms with E-state index in [1.807, 2.05) is 5.38 Å². The first kappa shape index (κ1) is 10.8. The summed E-state index contributed by atoms with van der Waals surface area (Å²) >= 11 is 1.41. The van der Waals surface area contributed by atoms with Crippen molar-refractivity contribution in [1.82, 2.24) is 9.29 Å². The van der Waals surface area contributed by atoms with Gasteiger partial charge in [0.25, 0.3) is 5.19 Å². The van der Waals surface area contributed by atoms with E-state index in [1.165, 1.54) is 15.6 Å². The largest absolute Gasteiger partial charge is 0.464 e. The summed E-state index contributed by atoms with van der Waals surface area (Å²) in [7, 11) is -3.04. The summed E-state index contributed by atoms with van der Waals surface area (Å²) in [5, 5.41) is 2.43. The molecule has 2 heterocycles. The lowest BCUT2D eigenvalue weighted by Crippen LogP contribution is -2.56. The van der Waals surface area contributed by atoms with Gasteiger partial charge in [-0.25, -0.2) is 13.4 Å². The summed E-state index contributed by atoms with van der Waals surface area (Å²) < 4.78 is 29.7. The Morgan fingerprint density at radius 3 is 2.93 bits per heavy atom. The molecule has 0 unspecified atom stereocenters. The average Bonchev–Trinajstić information content (AvgIpc) is 2.62. The number of thiazole rings is 1. The number of aromatic nitrogens is 1. The van der Waals surface area contributed by atoms with E-state index in [9.17, 15) is 8.42 Å². The van der Waals surface area contributed by atoms with E-state index in [-0.39, 0.29) is 11.9 Å². The van der Waals surface area contributed by atoms with Crippen molar-refractivity contribution in [1.29, 1.82) is 0 Å². The molecule has 0 aliphatic carbocycles. The number of hydrogen-bond donors (Lipinski definition) is 0. The van der Waals surface area contributed by atoms with Crippen LogP contribution >= 0.6 is 11.3 Å². The predicted octanol–water partition coefficient (Wildman–Crippen LogP) is 0.556. The molecule has 1 fully saturated rings. The Kier molecular flexibility index (Phi) is 2.94. The summed E-state index contributed by atoms with van der Waals surface area (Å²) in [6, 6.07) is 0. The summed E-state index contributed by atoms with van der Waals surface area (Å²) in [4.78, 5) is 3.97. The highest BCUT2D eigenvalue weighted by Gasteiger charge is 2.36. The van der Waals surface area contributed by atoms with Gasteiger partial charge in [-0.05, 0) is 6.92 Å². The normalized spacial score (nSPS) is 18.7. The molecule has 0 spiro atoms. The molecule has 0 saturated carbocycles. The van der Waals surface area contributed by atoms with Crippen molar-refractivity contribution in [2.45, 2.75) is 13.0 Å². The van der Waals surface area contributed by atoms with Crippen LogP contribution in [-0.4, -0.2) is 42.7 Å². The lowest BCUT2D eigenvalue weighted by Gasteiger charge is -2.36. The van der Waals surface area contributed by atoms with Gasteiger partial charge in [0.15, 0.2) is 0 Å². The van der Waals surface area contributed by atoms with Crippen LogP contribution in [0.1, 0.15) is 6.92 Å². The van der Waals surface area contributed by atoms with Gasteiger partial charge in [-0.1, -0.05) is 11.3 Å². The molecule has 5 nitrogen and oxygen atoms in total. The van der Waals surface area contributed by atoms with Crippen molar-refractivity contribution in [2.75, 3.05) is 18.8 Å². The van der Waals surface area contributed by atoms with E-state index < -0.39 is 10.0 Å². The van der Waals surface area contributed by atoms with E-state index in [4.69, 9.17) is 4.74 Å². The van der Waals surface area contributed by atoms with Gasteiger partial charge >= 0.3 is 0 Å². The first-order valence-corrected chi connectivity index (χ1v) is 7.14. The number of hydrogen-bond acceptors (Lipinski definition) is 5. The highest BCUT2D eigenvalue weighted by atomic mass is 32.2. The van der Waals surface area contributed by atoms with Crippen LogP contribution in [0.15, 0.2) is 11.6 Å². The third-order valence-electron chi connectivity index (χ3n) is 2.25. The van der Waals surface area contributed by atoms with Crippen molar-refractivity contribution >= 4 is 21.4 Å². The van der Waals surface area contributed by atoms with Crippen molar-refractivity contribution in [3.8, 4) is 5.19 Å². The Balaban J connectivity index is 1.84. The van der Waals surface area contributed by atoms with Gasteiger partial charge in [0.1, 0.15) is 6.10 Å². The third kappa shape index (κ3) is 2.30. The second-order valence-electron chi connectivity index (χ2n) is 3.26. The monoisotopic (exact) mass is 248 g/mol. The van der Waals surface area contributed by atoms with Crippen LogP contribution in [0.5, 0.6) is 5.19 Å². The maximum Gasteiger partial charge on any atom is 0.273 e. The van der Waals surface area contributed by atoms with Crippen molar-refractivity contribution in [3.05, 3.63) is 11.6 Å². The van der Waals surface area contributed by atoms with Crippen molar-refractivity contribution in [2.24, 2.45) is 0 Å². The minimum Gasteiger partial charge on any atom is -0.464 e. The van der Waals surface area contributed by atoms with Crippen LogP contribution in [-0.2, 0) is 10.0 Å². The van der Waals surface area contributed by atoms with E-state index in [0.29, 0.717) is 18.3 Å². The molecule has 0 radical (unpaired) electrons. The van der Waals surface area contributed by atoms with E-state index in [0.717, 1.165) is 0 Å². The molecule has 1 aromatic rings. The molecule has 15 heavy (non-hydrogen) atoms. The van der Waals surface area contributed by atoms with E-state index >= 15 is 0 Å². The molecule has 1 aromatic heterocycles. The van der Waals surface area contributed by atoms with Gasteiger partial charge in [0, 0.05) is 11.6 Å². The quantitative estimate of drug-likeness (QED) is 0.781. The third-order valence-corrected chi connectivity index (χ3v) is 4.73. The molecule has 7 heteroatoms. The zero-order chi connectivity index (χ0) is 10.9. The van der Waals surface area contributed by atoms with Gasteiger partial charge in [-0.3, -0.25) is 0 Å². The maximum absolute atomic E-state index is 11.4. The lowest BCUT2D eigenvalue weighted by molar-refractivity contribution is 0.0760. The van der Waals surface area contributed by atoms with Gasteiger partial charge in [0.05, 0.1) is 18.8 Å². The molecular weight excluding hydrogens is 236 g/mol. The molecule has 0 amide bonds. The topological polar surface area (TPSA) is 59.5 Å². The summed E-state index contributed by atoms with van der Waals surface area (Å²) in [5.74, 6) is 0.150. The Morgan fingerprint density at radius 2 is 2.40 bits per heavy atom. The molecule has 2 rings (SSSR count). The fraction of sp³-hybridized carbons (Fsp3) is 0.625. The second-order valence-corrected chi connectivity index (χ2v) is 6.37. The standard InChI is InChI=1S/C8H12N2O3S2/c1-2-15(11,12)10-5-7(6-10)13-8-9-3-4-14-8/h3-4,7H,2,5-6H2,1H3. The summed E-state index contributed by atoms with van der Waals surface area (Å²) in [5.41, 5.74) is 0. The number of ether oxygens (including phenoxy) is 1. The molecule has 0 bridgehead atoms. The Morgan fingerprint density at radius 1 is 1.67 bits per heavy atom. The van der Waals surface area contributed by atoms with Crippen LogP contribution in [0.3, 0.4) is 0 Å². The van der Waals surface area contributed by atoms with E-state index in [1.54, 1.807) is 13.1 Å². The molecule has 0 N–H and O–H groups in total. The lowest BCUT2D eigenvalue weighted by atomic mass is 10.2. The molecule has 1 aliphatic rings. The summed E-state index contributed by atoms with van der Waals surface area (Å²) in [6.45, 7) is 2.52. The van der Waals surface area contributed by atoms with Crippen molar-refractivity contribution < 1.29 is 13.2 Å². The highest BCUT2D eigenvalue weighted by Crippen LogP contribution is 2.21. The Labute approximate surface area is 92.7 Å². The van der Waals surface area contributed by atoms with Crippen LogP contribution in [0.2, 0.25) is 0 Å². The van der Waals surface area contributed by atoms with Crippen LogP contribution in [0, 0.1) is 0 Å². The minimum atomic E-state index is -3.04. The number of sulfonamides is 1. The SMILES string of the molecule is CCS(=O)(=O)N1CC(Oc2nccs2)C1. The van der Waals surface area contributed by atoms with E-state index in [2.05, 4.69) is 4.98 Å². The maximum atomic E-state index is 11.4. The fourth-order valence-electron chi connectivity index (χ4n) is 1.30.